The van der Waals surface area contributed by atoms with Crippen molar-refractivity contribution in [3.05, 3.63) is 89.9 Å². The SMILES string of the molecule is CC1C=C(F)C=CC1c1c(-c2ccc(S(C)(=O)=O)cc2)nn(CC(=O)Nc2ccccc2)c1C(F)(F)F. The van der Waals surface area contributed by atoms with Crippen molar-refractivity contribution in [3.8, 4) is 11.3 Å². The fraction of sp³-hybridized carbons (Fsp3) is 0.231. The number of hydrogen-bond acceptors (Lipinski definition) is 4. The molecular weight excluding hydrogens is 510 g/mol. The maximum Gasteiger partial charge on any atom is 0.433 e. The average molecular weight is 534 g/mol. The van der Waals surface area contributed by atoms with E-state index in [4.69, 9.17) is 0 Å². The predicted molar refractivity (Wildman–Crippen MR) is 131 cm³/mol. The summed E-state index contributed by atoms with van der Waals surface area (Å²) in [5.41, 5.74) is -0.785. The number of allylic oxidation sites excluding steroid dienone is 4. The minimum absolute atomic E-state index is 0.00792. The molecule has 1 aliphatic rings. The predicted octanol–water partition coefficient (Wildman–Crippen LogP) is 5.75. The summed E-state index contributed by atoms with van der Waals surface area (Å²) in [7, 11) is -3.54. The molecule has 4 rings (SSSR count). The van der Waals surface area contributed by atoms with E-state index in [-0.39, 0.29) is 21.7 Å². The van der Waals surface area contributed by atoms with E-state index in [1.807, 2.05) is 0 Å². The maximum absolute atomic E-state index is 14.5. The standard InChI is InChI=1S/C26H23F4N3O3S/c1-16-14-18(27)10-13-21(16)23-24(17-8-11-20(12-9-17)37(2,35)36)32-33(25(23)26(28,29)30)15-22(34)31-19-6-4-3-5-7-19/h3-14,16,21H,15H2,1-2H3,(H,31,34). The molecule has 2 unspecified atom stereocenters. The Morgan fingerprint density at radius 3 is 2.30 bits per heavy atom. The third-order valence-corrected chi connectivity index (χ3v) is 7.08. The molecule has 6 nitrogen and oxygen atoms in total. The van der Waals surface area contributed by atoms with Gasteiger partial charge in [0.1, 0.15) is 18.1 Å². The number of benzene rings is 2. The van der Waals surface area contributed by atoms with Crippen LogP contribution in [0.2, 0.25) is 0 Å². The fourth-order valence-electron chi connectivity index (χ4n) is 4.28. The molecular formula is C26H23F4N3O3S. The first-order chi connectivity index (χ1) is 17.3. The number of nitrogens with one attached hydrogen (secondary N) is 1. The summed E-state index contributed by atoms with van der Waals surface area (Å²) in [4.78, 5) is 12.7. The van der Waals surface area contributed by atoms with Gasteiger partial charge in [0.2, 0.25) is 5.91 Å². The molecule has 0 radical (unpaired) electrons. The number of halogens is 4. The minimum atomic E-state index is -4.90. The van der Waals surface area contributed by atoms with Crippen LogP contribution in [0.5, 0.6) is 0 Å². The first-order valence-electron chi connectivity index (χ1n) is 11.2. The number of rotatable bonds is 6. The number of carbonyl (C=O) groups is 1. The van der Waals surface area contributed by atoms with Gasteiger partial charge in [0.25, 0.3) is 0 Å². The number of anilines is 1. The monoisotopic (exact) mass is 533 g/mol. The number of para-hydroxylation sites is 1. The third-order valence-electron chi connectivity index (χ3n) is 5.95. The van der Waals surface area contributed by atoms with E-state index < -0.39 is 51.8 Å². The fourth-order valence-corrected chi connectivity index (χ4v) is 4.91. The molecule has 11 heteroatoms. The van der Waals surface area contributed by atoms with Gasteiger partial charge in [-0.3, -0.25) is 9.48 Å². The Balaban J connectivity index is 1.86. The van der Waals surface area contributed by atoms with Crippen LogP contribution in [0.25, 0.3) is 11.3 Å². The third kappa shape index (κ3) is 5.82. The number of alkyl halides is 3. The zero-order chi connectivity index (χ0) is 27.0. The van der Waals surface area contributed by atoms with Crippen molar-refractivity contribution in [3.63, 3.8) is 0 Å². The first kappa shape index (κ1) is 26.3. The van der Waals surface area contributed by atoms with Crippen LogP contribution in [0, 0.1) is 5.92 Å². The summed E-state index contributed by atoms with van der Waals surface area (Å²) in [6.45, 7) is 0.858. The topological polar surface area (TPSA) is 81.1 Å². The molecule has 194 valence electrons. The van der Waals surface area contributed by atoms with Gasteiger partial charge in [-0.15, -0.1) is 0 Å². The summed E-state index contributed by atoms with van der Waals surface area (Å²) >= 11 is 0. The van der Waals surface area contributed by atoms with Gasteiger partial charge in [0.15, 0.2) is 9.84 Å². The number of carbonyl (C=O) groups excluding carboxylic acids is 1. The molecule has 0 spiro atoms. The number of nitrogens with zero attached hydrogens (tertiary/aromatic N) is 2. The van der Waals surface area contributed by atoms with Crippen LogP contribution < -0.4 is 5.32 Å². The first-order valence-corrected chi connectivity index (χ1v) is 13.1. The molecule has 3 aromatic rings. The summed E-state index contributed by atoms with van der Waals surface area (Å²) in [5.74, 6) is -2.82. The normalized spacial score (nSPS) is 17.9. The number of amides is 1. The lowest BCUT2D eigenvalue weighted by Gasteiger charge is -2.24. The lowest BCUT2D eigenvalue weighted by Crippen LogP contribution is -2.25. The van der Waals surface area contributed by atoms with Gasteiger partial charge in [-0.05, 0) is 42.3 Å². The van der Waals surface area contributed by atoms with E-state index in [0.29, 0.717) is 10.4 Å². The summed E-state index contributed by atoms with van der Waals surface area (Å²) < 4.78 is 81.7. The Labute approximate surface area is 211 Å². The van der Waals surface area contributed by atoms with Crippen LogP contribution in [-0.2, 0) is 27.4 Å². The lowest BCUT2D eigenvalue weighted by atomic mass is 9.81. The minimum Gasteiger partial charge on any atom is -0.324 e. The molecule has 1 aromatic heterocycles. The van der Waals surface area contributed by atoms with Gasteiger partial charge in [-0.1, -0.05) is 43.3 Å². The van der Waals surface area contributed by atoms with Crippen LogP contribution >= 0.6 is 0 Å². The van der Waals surface area contributed by atoms with Gasteiger partial charge >= 0.3 is 6.18 Å². The molecule has 37 heavy (non-hydrogen) atoms. The van der Waals surface area contributed by atoms with Gasteiger partial charge in [-0.25, -0.2) is 12.8 Å². The Morgan fingerprint density at radius 2 is 1.73 bits per heavy atom. The molecule has 0 saturated carbocycles. The van der Waals surface area contributed by atoms with Crippen molar-refractivity contribution in [1.82, 2.24) is 9.78 Å². The highest BCUT2D eigenvalue weighted by Crippen LogP contribution is 2.45. The van der Waals surface area contributed by atoms with Crippen LogP contribution in [-0.4, -0.2) is 30.4 Å². The van der Waals surface area contributed by atoms with E-state index in [0.717, 1.165) is 12.3 Å². The van der Waals surface area contributed by atoms with Crippen molar-refractivity contribution in [1.29, 1.82) is 0 Å². The van der Waals surface area contributed by atoms with Gasteiger partial charge < -0.3 is 5.32 Å². The largest absolute Gasteiger partial charge is 0.433 e. The van der Waals surface area contributed by atoms with E-state index >= 15 is 0 Å². The van der Waals surface area contributed by atoms with Crippen molar-refractivity contribution in [2.24, 2.45) is 5.92 Å². The molecule has 0 bridgehead atoms. The molecule has 0 aliphatic heterocycles. The second-order valence-electron chi connectivity index (χ2n) is 8.77. The van der Waals surface area contributed by atoms with Crippen LogP contribution in [0.1, 0.15) is 24.1 Å². The van der Waals surface area contributed by atoms with Crippen molar-refractivity contribution in [2.75, 3.05) is 11.6 Å². The van der Waals surface area contributed by atoms with Gasteiger partial charge in [0, 0.05) is 29.0 Å². The quantitative estimate of drug-likeness (QED) is 0.409. The highest BCUT2D eigenvalue weighted by molar-refractivity contribution is 7.90. The molecule has 0 fully saturated rings. The molecule has 1 N–H and O–H groups in total. The zero-order valence-electron chi connectivity index (χ0n) is 19.8. The van der Waals surface area contributed by atoms with E-state index in [9.17, 15) is 30.8 Å². The summed E-state index contributed by atoms with van der Waals surface area (Å²) in [5, 5.41) is 6.74. The van der Waals surface area contributed by atoms with Crippen LogP contribution in [0.15, 0.2) is 83.5 Å². The Kier molecular flexibility index (Phi) is 7.09. The summed E-state index contributed by atoms with van der Waals surface area (Å²) in [6, 6.07) is 13.6. The highest BCUT2D eigenvalue weighted by atomic mass is 32.2. The number of aromatic nitrogens is 2. The highest BCUT2D eigenvalue weighted by Gasteiger charge is 2.43. The Morgan fingerprint density at radius 1 is 1.08 bits per heavy atom. The van der Waals surface area contributed by atoms with Crippen molar-refractivity contribution >= 4 is 21.4 Å². The summed E-state index contributed by atoms with van der Waals surface area (Å²) in [6.07, 6.45) is -0.213. The van der Waals surface area contributed by atoms with Crippen molar-refractivity contribution in [2.45, 2.75) is 30.5 Å². The van der Waals surface area contributed by atoms with Crippen LogP contribution in [0.3, 0.4) is 0 Å². The molecule has 2 aromatic carbocycles. The average Bonchev–Trinajstić information content (AvgIpc) is 3.18. The maximum atomic E-state index is 14.5. The molecule has 1 heterocycles. The number of sulfone groups is 1. The molecule has 1 aliphatic carbocycles. The van der Waals surface area contributed by atoms with Crippen molar-refractivity contribution < 1.29 is 30.8 Å². The van der Waals surface area contributed by atoms with Gasteiger partial charge in [0.05, 0.1) is 10.6 Å². The van der Waals surface area contributed by atoms with Crippen LogP contribution in [0.4, 0.5) is 23.2 Å². The Bertz CT molecular complexity index is 1480. The van der Waals surface area contributed by atoms with E-state index in [1.165, 1.54) is 36.4 Å². The molecule has 1 amide bonds. The Hall–Kier alpha value is -3.73. The number of hydrogen-bond donors (Lipinski definition) is 1. The molecule has 0 saturated heterocycles. The van der Waals surface area contributed by atoms with E-state index in [1.54, 1.807) is 37.3 Å². The second kappa shape index (κ2) is 9.97. The zero-order valence-corrected chi connectivity index (χ0v) is 20.6. The molecule has 2 atom stereocenters. The van der Waals surface area contributed by atoms with Gasteiger partial charge in [-0.2, -0.15) is 18.3 Å². The van der Waals surface area contributed by atoms with E-state index in [2.05, 4.69) is 10.4 Å². The lowest BCUT2D eigenvalue weighted by molar-refractivity contribution is -0.145. The smallest absolute Gasteiger partial charge is 0.324 e. The second-order valence-corrected chi connectivity index (χ2v) is 10.8.